The number of halogens is 1. The average Bonchev–Trinajstić information content (AvgIpc) is 3.57. The Labute approximate surface area is 253 Å². The van der Waals surface area contributed by atoms with Gasteiger partial charge in [0.1, 0.15) is 17.9 Å². The highest BCUT2D eigenvalue weighted by Crippen LogP contribution is 2.42. The first-order chi connectivity index (χ1) is 20.3. The summed E-state index contributed by atoms with van der Waals surface area (Å²) in [6.45, 7) is 10.5. The molecule has 43 heavy (non-hydrogen) atoms. The molecule has 12 heteroatoms. The lowest BCUT2D eigenvalue weighted by molar-refractivity contribution is 0.0899. The Morgan fingerprint density at radius 2 is 1.91 bits per heavy atom. The predicted octanol–water partition coefficient (Wildman–Crippen LogP) is 5.77. The topological polar surface area (TPSA) is 111 Å². The summed E-state index contributed by atoms with van der Waals surface area (Å²) >= 11 is 0. The predicted molar refractivity (Wildman–Crippen MR) is 171 cm³/mol. The number of imidazole rings is 1. The van der Waals surface area contributed by atoms with Crippen molar-refractivity contribution >= 4 is 45.6 Å². The number of anilines is 1. The standard InChI is InChI=1S/C31H41FN6O3SSi/c1-31(2,32)17-36-42(39,40)30-24-12-23(11-21(24)10-22-14-34-26(13-25(22)30)20-6-7-20)37-28-16-33-15-27-29(28)38(18-35-27)19-41-8-9-43(3,4)5/h10,13-16,18,20,23,36-37H,6-9,11-12,17,19H2,1-5H3. The fourth-order valence-electron chi connectivity index (χ4n) is 5.71. The van der Waals surface area contributed by atoms with E-state index in [0.29, 0.717) is 37.5 Å². The first-order valence-electron chi connectivity index (χ1n) is 15.0. The van der Waals surface area contributed by atoms with Crippen LogP contribution in [-0.4, -0.2) is 60.9 Å². The van der Waals surface area contributed by atoms with Crippen molar-refractivity contribution in [2.75, 3.05) is 18.5 Å². The molecule has 0 aliphatic heterocycles. The summed E-state index contributed by atoms with van der Waals surface area (Å²) in [6, 6.07) is 5.00. The first-order valence-corrected chi connectivity index (χ1v) is 20.2. The minimum atomic E-state index is -4.01. The van der Waals surface area contributed by atoms with E-state index in [1.807, 2.05) is 10.6 Å². The zero-order valence-corrected chi connectivity index (χ0v) is 27.4. The van der Waals surface area contributed by atoms with E-state index in [1.165, 1.54) is 13.8 Å². The second kappa shape index (κ2) is 11.2. The maximum atomic E-state index is 14.4. The summed E-state index contributed by atoms with van der Waals surface area (Å²) in [7, 11) is -5.20. The van der Waals surface area contributed by atoms with Crippen molar-refractivity contribution in [3.8, 4) is 0 Å². The molecule has 2 aliphatic carbocycles. The number of hydrogen-bond acceptors (Lipinski definition) is 7. The van der Waals surface area contributed by atoms with Gasteiger partial charge in [0.05, 0.1) is 34.8 Å². The van der Waals surface area contributed by atoms with Crippen molar-refractivity contribution in [2.45, 2.75) is 94.5 Å². The monoisotopic (exact) mass is 624 g/mol. The van der Waals surface area contributed by atoms with Gasteiger partial charge in [-0.05, 0) is 68.8 Å². The number of pyridine rings is 2. The van der Waals surface area contributed by atoms with Crippen LogP contribution < -0.4 is 10.0 Å². The lowest BCUT2D eigenvalue weighted by Gasteiger charge is -2.19. The third kappa shape index (κ3) is 6.77. The van der Waals surface area contributed by atoms with Gasteiger partial charge in [-0.25, -0.2) is 22.5 Å². The quantitative estimate of drug-likeness (QED) is 0.152. The van der Waals surface area contributed by atoms with E-state index < -0.39 is 23.8 Å². The van der Waals surface area contributed by atoms with Crippen LogP contribution in [0.1, 0.15) is 49.4 Å². The van der Waals surface area contributed by atoms with Crippen LogP contribution in [0.4, 0.5) is 10.1 Å². The molecule has 2 aliphatic rings. The molecule has 0 radical (unpaired) electrons. The number of alkyl halides is 1. The van der Waals surface area contributed by atoms with E-state index in [4.69, 9.17) is 4.74 Å². The van der Waals surface area contributed by atoms with Gasteiger partial charge in [-0.3, -0.25) is 9.97 Å². The average molecular weight is 625 g/mol. The molecular formula is C31H41FN6O3SSi. The number of ether oxygens (including phenoxy) is 1. The van der Waals surface area contributed by atoms with Crippen molar-refractivity contribution in [3.05, 3.63) is 53.9 Å². The van der Waals surface area contributed by atoms with Crippen LogP contribution in [0.3, 0.4) is 0 Å². The lowest BCUT2D eigenvalue weighted by Crippen LogP contribution is -2.36. The Hall–Kier alpha value is -2.93. The van der Waals surface area contributed by atoms with Crippen molar-refractivity contribution < 1.29 is 17.5 Å². The molecule has 1 saturated carbocycles. The smallest absolute Gasteiger partial charge is 0.241 e. The lowest BCUT2D eigenvalue weighted by atomic mass is 10.0. The normalized spacial score (nSPS) is 17.6. The summed E-state index contributed by atoms with van der Waals surface area (Å²) in [4.78, 5) is 13.8. The summed E-state index contributed by atoms with van der Waals surface area (Å²) in [5.74, 6) is 0.373. The number of fused-ring (bicyclic) bond motifs is 3. The third-order valence-corrected chi connectivity index (χ3v) is 11.4. The molecule has 6 rings (SSSR count). The fourth-order valence-corrected chi connectivity index (χ4v) is 8.15. The van der Waals surface area contributed by atoms with Gasteiger partial charge < -0.3 is 14.6 Å². The molecule has 9 nitrogen and oxygen atoms in total. The molecular weight excluding hydrogens is 584 g/mol. The molecule has 3 heterocycles. The molecule has 1 unspecified atom stereocenters. The van der Waals surface area contributed by atoms with Gasteiger partial charge in [0, 0.05) is 55.8 Å². The second-order valence-electron chi connectivity index (χ2n) is 13.9. The minimum absolute atomic E-state index is 0.0715. The van der Waals surface area contributed by atoms with Crippen LogP contribution in [0, 0.1) is 0 Å². The van der Waals surface area contributed by atoms with Gasteiger partial charge in [-0.1, -0.05) is 19.6 Å². The Morgan fingerprint density at radius 1 is 1.12 bits per heavy atom. The van der Waals surface area contributed by atoms with Gasteiger partial charge >= 0.3 is 0 Å². The Balaban J connectivity index is 1.31. The fraction of sp³-hybridized carbons (Fsp3) is 0.516. The van der Waals surface area contributed by atoms with Crippen LogP contribution >= 0.6 is 0 Å². The molecule has 230 valence electrons. The summed E-state index contributed by atoms with van der Waals surface area (Å²) in [5, 5.41) is 5.07. The molecule has 1 fully saturated rings. The number of nitrogens with one attached hydrogen (secondary N) is 2. The first kappa shape index (κ1) is 30.1. The second-order valence-corrected chi connectivity index (χ2v) is 21.2. The number of rotatable bonds is 12. The molecule has 1 aromatic carbocycles. The Bertz CT molecular complexity index is 1780. The number of aromatic nitrogens is 4. The van der Waals surface area contributed by atoms with Crippen molar-refractivity contribution in [1.82, 2.24) is 24.2 Å². The van der Waals surface area contributed by atoms with Crippen LogP contribution in [-0.2, 0) is 34.3 Å². The largest absolute Gasteiger partial charge is 0.379 e. The molecule has 4 aromatic rings. The number of sulfonamides is 1. The summed E-state index contributed by atoms with van der Waals surface area (Å²) in [5.41, 5.74) is 3.45. The van der Waals surface area contributed by atoms with Crippen molar-refractivity contribution in [2.24, 2.45) is 0 Å². The highest BCUT2D eigenvalue weighted by molar-refractivity contribution is 7.89. The summed E-state index contributed by atoms with van der Waals surface area (Å²) < 4.78 is 52.6. The van der Waals surface area contributed by atoms with Crippen LogP contribution in [0.2, 0.25) is 25.7 Å². The van der Waals surface area contributed by atoms with Crippen LogP contribution in [0.25, 0.3) is 21.8 Å². The molecule has 0 bridgehead atoms. The Kier molecular flexibility index (Phi) is 7.85. The number of benzene rings is 1. The maximum Gasteiger partial charge on any atom is 0.241 e. The SMILES string of the molecule is CC(C)(F)CNS(=O)(=O)c1c2c(cc3cnc(C4CC4)cc13)CC(Nc1cncc3ncn(COCC[Si](C)(C)C)c13)C2. The number of hydrogen-bond donors (Lipinski definition) is 2. The van der Waals surface area contributed by atoms with E-state index in [1.54, 1.807) is 24.9 Å². The van der Waals surface area contributed by atoms with Crippen molar-refractivity contribution in [3.63, 3.8) is 0 Å². The van der Waals surface area contributed by atoms with Crippen molar-refractivity contribution in [1.29, 1.82) is 0 Å². The van der Waals surface area contributed by atoms with Gasteiger partial charge in [0.2, 0.25) is 10.0 Å². The molecule has 1 atom stereocenters. The zero-order valence-electron chi connectivity index (χ0n) is 25.6. The summed E-state index contributed by atoms with van der Waals surface area (Å²) in [6.07, 6.45) is 10.3. The zero-order chi connectivity index (χ0) is 30.6. The minimum Gasteiger partial charge on any atom is -0.379 e. The van der Waals surface area contributed by atoms with Crippen LogP contribution in [0.15, 0.2) is 41.9 Å². The van der Waals surface area contributed by atoms with Gasteiger partial charge in [0.25, 0.3) is 0 Å². The molecule has 3 aromatic heterocycles. The molecule has 0 spiro atoms. The Morgan fingerprint density at radius 3 is 2.63 bits per heavy atom. The van der Waals surface area contributed by atoms with E-state index in [9.17, 15) is 12.8 Å². The van der Waals surface area contributed by atoms with Gasteiger partial charge in [-0.2, -0.15) is 0 Å². The van der Waals surface area contributed by atoms with Gasteiger partial charge in [0.15, 0.2) is 0 Å². The molecule has 2 N–H and O–H groups in total. The van der Waals surface area contributed by atoms with Crippen LogP contribution in [0.5, 0.6) is 0 Å². The maximum absolute atomic E-state index is 14.4. The highest BCUT2D eigenvalue weighted by Gasteiger charge is 2.34. The van der Waals surface area contributed by atoms with E-state index in [0.717, 1.165) is 57.8 Å². The molecule has 0 amide bonds. The van der Waals surface area contributed by atoms with Gasteiger partial charge in [-0.15, -0.1) is 0 Å². The van der Waals surface area contributed by atoms with E-state index >= 15 is 0 Å². The molecule has 0 saturated heterocycles. The van der Waals surface area contributed by atoms with E-state index in [-0.39, 0.29) is 17.5 Å². The highest BCUT2D eigenvalue weighted by atomic mass is 32.2. The third-order valence-electron chi connectivity index (χ3n) is 8.16. The van der Waals surface area contributed by atoms with E-state index in [2.05, 4.69) is 50.7 Å². The number of nitrogens with zero attached hydrogens (tertiary/aromatic N) is 4.